The normalized spacial score (nSPS) is 12.2. The topological polar surface area (TPSA) is 51.2 Å². The third-order valence-electron chi connectivity index (χ3n) is 1.93. The van der Waals surface area contributed by atoms with Gasteiger partial charge in [0, 0.05) is 17.2 Å². The molecule has 0 fully saturated rings. The zero-order valence-corrected chi connectivity index (χ0v) is 10.2. The molecular formula is C10H13BrN2O2. The number of esters is 1. The van der Waals surface area contributed by atoms with E-state index in [1.165, 1.54) is 7.11 Å². The van der Waals surface area contributed by atoms with Gasteiger partial charge < -0.3 is 4.74 Å². The predicted octanol–water partition coefficient (Wildman–Crippen LogP) is 1.50. The number of nitrogens with zero attached hydrogens (tertiary/aromatic N) is 1. The van der Waals surface area contributed by atoms with E-state index >= 15 is 0 Å². The average molecular weight is 273 g/mol. The van der Waals surface area contributed by atoms with Gasteiger partial charge in [0.2, 0.25) is 0 Å². The van der Waals surface area contributed by atoms with E-state index in [-0.39, 0.29) is 12.0 Å². The minimum absolute atomic E-state index is 0.271. The van der Waals surface area contributed by atoms with Crippen LogP contribution in [0.1, 0.15) is 12.6 Å². The second kappa shape index (κ2) is 5.82. The largest absolute Gasteiger partial charge is 0.468 e. The van der Waals surface area contributed by atoms with E-state index in [0.717, 1.165) is 10.2 Å². The zero-order chi connectivity index (χ0) is 11.3. The molecule has 0 aliphatic carbocycles. The van der Waals surface area contributed by atoms with Crippen LogP contribution in [0.3, 0.4) is 0 Å². The maximum Gasteiger partial charge on any atom is 0.322 e. The van der Waals surface area contributed by atoms with Crippen LogP contribution in [-0.4, -0.2) is 24.1 Å². The van der Waals surface area contributed by atoms with Crippen molar-refractivity contribution in [3.05, 3.63) is 28.5 Å². The van der Waals surface area contributed by atoms with Gasteiger partial charge in [0.25, 0.3) is 0 Å². The maximum atomic E-state index is 11.1. The third kappa shape index (κ3) is 3.97. The number of hydrogen-bond donors (Lipinski definition) is 1. The second-order valence-electron chi connectivity index (χ2n) is 3.09. The molecule has 0 saturated heterocycles. The molecule has 1 heterocycles. The summed E-state index contributed by atoms with van der Waals surface area (Å²) >= 11 is 3.30. The minimum atomic E-state index is -0.319. The summed E-state index contributed by atoms with van der Waals surface area (Å²) in [5.41, 5.74) is 0.883. The van der Waals surface area contributed by atoms with E-state index in [2.05, 4.69) is 31.0 Å². The van der Waals surface area contributed by atoms with Gasteiger partial charge in [0.15, 0.2) is 0 Å². The van der Waals surface area contributed by atoms with Crippen LogP contribution in [0.5, 0.6) is 0 Å². The molecule has 1 atom stereocenters. The van der Waals surface area contributed by atoms with Crippen LogP contribution in [0.25, 0.3) is 0 Å². The van der Waals surface area contributed by atoms with Crippen LogP contribution in [0.15, 0.2) is 22.8 Å². The Hall–Kier alpha value is -0.940. The van der Waals surface area contributed by atoms with Gasteiger partial charge in [-0.15, -0.1) is 0 Å². The first-order chi connectivity index (χ1) is 7.13. The molecule has 4 nitrogen and oxygen atoms in total. The van der Waals surface area contributed by atoms with Gasteiger partial charge in [-0.1, -0.05) is 0 Å². The highest BCUT2D eigenvalue weighted by atomic mass is 79.9. The molecule has 0 saturated carbocycles. The molecule has 0 aromatic carbocycles. The summed E-state index contributed by atoms with van der Waals surface area (Å²) < 4.78 is 5.53. The van der Waals surface area contributed by atoms with Crippen molar-refractivity contribution in [3.63, 3.8) is 0 Å². The fraction of sp³-hybridized carbons (Fsp3) is 0.400. The molecule has 0 unspecified atom stereocenters. The smallest absolute Gasteiger partial charge is 0.322 e. The molecule has 1 aromatic heterocycles. The zero-order valence-electron chi connectivity index (χ0n) is 8.66. The molecule has 0 aliphatic rings. The van der Waals surface area contributed by atoms with E-state index < -0.39 is 0 Å². The lowest BCUT2D eigenvalue weighted by molar-refractivity contribution is -0.142. The van der Waals surface area contributed by atoms with E-state index in [9.17, 15) is 4.79 Å². The summed E-state index contributed by atoms with van der Waals surface area (Å²) in [5.74, 6) is -0.271. The molecule has 0 spiro atoms. The lowest BCUT2D eigenvalue weighted by Gasteiger charge is -2.10. The van der Waals surface area contributed by atoms with Gasteiger partial charge in [-0.05, 0) is 35.0 Å². The van der Waals surface area contributed by atoms with E-state index in [1.807, 2.05) is 12.1 Å². The molecule has 1 aromatic rings. The monoisotopic (exact) mass is 272 g/mol. The predicted molar refractivity (Wildman–Crippen MR) is 60.3 cm³/mol. The number of nitrogens with one attached hydrogen (secondary N) is 1. The van der Waals surface area contributed by atoms with Gasteiger partial charge in [-0.2, -0.15) is 0 Å². The van der Waals surface area contributed by atoms with E-state index in [4.69, 9.17) is 0 Å². The number of pyridine rings is 1. The highest BCUT2D eigenvalue weighted by Gasteiger charge is 2.11. The minimum Gasteiger partial charge on any atom is -0.468 e. The fourth-order valence-corrected chi connectivity index (χ4v) is 1.26. The molecule has 0 amide bonds. The number of methoxy groups -OCH3 is 1. The molecule has 15 heavy (non-hydrogen) atoms. The van der Waals surface area contributed by atoms with Crippen molar-refractivity contribution in [1.82, 2.24) is 10.3 Å². The van der Waals surface area contributed by atoms with Gasteiger partial charge in [0.1, 0.15) is 6.04 Å². The lowest BCUT2D eigenvalue weighted by Crippen LogP contribution is -2.34. The molecule has 0 radical (unpaired) electrons. The summed E-state index contributed by atoms with van der Waals surface area (Å²) in [6, 6.07) is 3.48. The van der Waals surface area contributed by atoms with Crippen LogP contribution < -0.4 is 5.32 Å². The van der Waals surface area contributed by atoms with E-state index in [1.54, 1.807) is 13.1 Å². The van der Waals surface area contributed by atoms with Crippen LogP contribution in [0.4, 0.5) is 0 Å². The number of hydrogen-bond acceptors (Lipinski definition) is 4. The van der Waals surface area contributed by atoms with Crippen molar-refractivity contribution in [2.45, 2.75) is 19.5 Å². The Balaban J connectivity index is 2.43. The Labute approximate surface area is 97.2 Å². The second-order valence-corrected chi connectivity index (χ2v) is 4.01. The maximum absolute atomic E-state index is 11.1. The molecule has 5 heteroatoms. The summed E-state index contributed by atoms with van der Waals surface area (Å²) in [6.45, 7) is 2.30. The third-order valence-corrected chi connectivity index (χ3v) is 2.40. The molecule has 82 valence electrons. The van der Waals surface area contributed by atoms with Crippen LogP contribution >= 0.6 is 15.9 Å². The van der Waals surface area contributed by atoms with Crippen LogP contribution in [0.2, 0.25) is 0 Å². The van der Waals surface area contributed by atoms with Crippen LogP contribution in [0, 0.1) is 0 Å². The highest BCUT2D eigenvalue weighted by Crippen LogP contribution is 2.07. The van der Waals surface area contributed by atoms with E-state index in [0.29, 0.717) is 6.54 Å². The molecular weight excluding hydrogens is 260 g/mol. The standard InChI is InChI=1S/C10H13BrN2O2/c1-7(10(14)15-2)12-6-9-4-3-8(11)5-13-9/h3-5,7,12H,6H2,1-2H3/t7-/m0/s1. The first-order valence-corrected chi connectivity index (χ1v) is 5.34. The highest BCUT2D eigenvalue weighted by molar-refractivity contribution is 9.10. The average Bonchev–Trinajstić information content (AvgIpc) is 2.26. The summed E-state index contributed by atoms with van der Waals surface area (Å²) in [4.78, 5) is 15.2. The van der Waals surface area contributed by atoms with Crippen molar-refractivity contribution in [3.8, 4) is 0 Å². The van der Waals surface area contributed by atoms with Crippen molar-refractivity contribution >= 4 is 21.9 Å². The van der Waals surface area contributed by atoms with Gasteiger partial charge >= 0.3 is 5.97 Å². The van der Waals surface area contributed by atoms with Crippen molar-refractivity contribution < 1.29 is 9.53 Å². The first-order valence-electron chi connectivity index (χ1n) is 4.55. The molecule has 0 aliphatic heterocycles. The Bertz CT molecular complexity index is 327. The van der Waals surface area contributed by atoms with Gasteiger partial charge in [-0.3, -0.25) is 15.1 Å². The summed E-state index contributed by atoms with van der Waals surface area (Å²) in [6.07, 6.45) is 1.72. The number of carbonyl (C=O) groups is 1. The first kappa shape index (κ1) is 12.1. The number of halogens is 1. The fourth-order valence-electron chi connectivity index (χ4n) is 1.03. The number of ether oxygens (including phenoxy) is 1. The summed E-state index contributed by atoms with van der Waals surface area (Å²) in [5, 5.41) is 3.02. The molecule has 1 rings (SSSR count). The Morgan fingerprint density at radius 1 is 1.67 bits per heavy atom. The Morgan fingerprint density at radius 3 is 2.93 bits per heavy atom. The Kier molecular flexibility index (Phi) is 4.71. The van der Waals surface area contributed by atoms with Crippen molar-refractivity contribution in [1.29, 1.82) is 0 Å². The summed E-state index contributed by atoms with van der Waals surface area (Å²) in [7, 11) is 1.37. The Morgan fingerprint density at radius 2 is 2.40 bits per heavy atom. The molecule has 0 bridgehead atoms. The van der Waals surface area contributed by atoms with Crippen molar-refractivity contribution in [2.75, 3.05) is 7.11 Å². The lowest BCUT2D eigenvalue weighted by atomic mass is 10.3. The number of carbonyl (C=O) groups excluding carboxylic acids is 1. The quantitative estimate of drug-likeness (QED) is 0.844. The molecule has 1 N–H and O–H groups in total. The number of aromatic nitrogens is 1. The van der Waals surface area contributed by atoms with Crippen molar-refractivity contribution in [2.24, 2.45) is 0 Å². The SMILES string of the molecule is COC(=O)[C@H](C)NCc1ccc(Br)cn1. The van der Waals surface area contributed by atoms with Crippen LogP contribution in [-0.2, 0) is 16.1 Å². The number of rotatable bonds is 4. The van der Waals surface area contributed by atoms with Gasteiger partial charge in [0.05, 0.1) is 12.8 Å². The van der Waals surface area contributed by atoms with Gasteiger partial charge in [-0.25, -0.2) is 0 Å².